The Kier molecular flexibility index (Phi) is 7.22. The molecule has 1 aliphatic carbocycles. The monoisotopic (exact) mass is 353 g/mol. The Balaban J connectivity index is 0.00000220. The summed E-state index contributed by atoms with van der Waals surface area (Å²) < 4.78 is 18.4. The minimum atomic E-state index is -1.01. The standard InChI is InChI=1S/C14H20FN3O2.2ClH/c1-4-20-10-7-14(16,13(10,2)3)12(19)18-11-6-5-9(15)8-17-11;;/h5-6,8,10H,4,7,16H2,1-3H3,(H,17,18,19);2*1H. The molecule has 2 atom stereocenters. The zero-order chi connectivity index (χ0) is 15.0. The van der Waals surface area contributed by atoms with Gasteiger partial charge in [-0.3, -0.25) is 4.79 Å². The summed E-state index contributed by atoms with van der Waals surface area (Å²) in [7, 11) is 0. The van der Waals surface area contributed by atoms with E-state index >= 15 is 0 Å². The van der Waals surface area contributed by atoms with E-state index in [2.05, 4.69) is 10.3 Å². The Morgan fingerprint density at radius 1 is 1.50 bits per heavy atom. The molecular formula is C14H22Cl2FN3O2. The van der Waals surface area contributed by atoms with Crippen LogP contribution in [0.15, 0.2) is 18.3 Å². The van der Waals surface area contributed by atoms with Gasteiger partial charge < -0.3 is 15.8 Å². The van der Waals surface area contributed by atoms with Crippen molar-refractivity contribution >= 4 is 36.5 Å². The summed E-state index contributed by atoms with van der Waals surface area (Å²) in [4.78, 5) is 16.1. The van der Waals surface area contributed by atoms with Gasteiger partial charge in [-0.15, -0.1) is 24.8 Å². The van der Waals surface area contributed by atoms with Crippen molar-refractivity contribution in [2.75, 3.05) is 11.9 Å². The Hall–Kier alpha value is -0.950. The number of amides is 1. The molecule has 1 heterocycles. The molecule has 1 fully saturated rings. The lowest BCUT2D eigenvalue weighted by Crippen LogP contribution is -2.74. The summed E-state index contributed by atoms with van der Waals surface area (Å²) >= 11 is 0. The molecule has 1 amide bonds. The van der Waals surface area contributed by atoms with Crippen molar-refractivity contribution < 1.29 is 13.9 Å². The molecule has 3 N–H and O–H groups in total. The lowest BCUT2D eigenvalue weighted by atomic mass is 9.54. The number of aromatic nitrogens is 1. The predicted molar refractivity (Wildman–Crippen MR) is 88.1 cm³/mol. The number of hydrogen-bond acceptors (Lipinski definition) is 4. The van der Waals surface area contributed by atoms with Gasteiger partial charge in [0.05, 0.1) is 12.3 Å². The highest BCUT2D eigenvalue weighted by Crippen LogP contribution is 2.50. The van der Waals surface area contributed by atoms with E-state index in [0.29, 0.717) is 13.0 Å². The fourth-order valence-electron chi connectivity index (χ4n) is 2.50. The second kappa shape index (κ2) is 7.55. The van der Waals surface area contributed by atoms with Crippen molar-refractivity contribution in [3.8, 4) is 0 Å². The van der Waals surface area contributed by atoms with Gasteiger partial charge in [0.25, 0.3) is 0 Å². The fourth-order valence-corrected chi connectivity index (χ4v) is 2.50. The van der Waals surface area contributed by atoms with Crippen molar-refractivity contribution in [1.82, 2.24) is 4.98 Å². The number of carbonyl (C=O) groups excluding carboxylic acids is 1. The van der Waals surface area contributed by atoms with Gasteiger partial charge in [-0.25, -0.2) is 9.37 Å². The van der Waals surface area contributed by atoms with Crippen LogP contribution in [0.25, 0.3) is 0 Å². The molecule has 0 aliphatic heterocycles. The maximum absolute atomic E-state index is 12.8. The Labute approximate surface area is 142 Å². The van der Waals surface area contributed by atoms with Crippen LogP contribution in [-0.4, -0.2) is 29.1 Å². The van der Waals surface area contributed by atoms with E-state index in [-0.39, 0.29) is 42.6 Å². The molecule has 1 saturated carbocycles. The van der Waals surface area contributed by atoms with Crippen LogP contribution in [0, 0.1) is 11.2 Å². The molecule has 2 unspecified atom stereocenters. The normalized spacial score (nSPS) is 25.2. The molecule has 0 saturated heterocycles. The number of halogens is 3. The third kappa shape index (κ3) is 3.51. The number of ether oxygens (including phenoxy) is 1. The first-order valence-electron chi connectivity index (χ1n) is 6.64. The van der Waals surface area contributed by atoms with Crippen LogP contribution in [0.1, 0.15) is 27.2 Å². The molecular weight excluding hydrogens is 332 g/mol. The van der Waals surface area contributed by atoms with Gasteiger partial charge in [0, 0.05) is 18.4 Å². The summed E-state index contributed by atoms with van der Waals surface area (Å²) in [6, 6.07) is 2.64. The maximum Gasteiger partial charge on any atom is 0.246 e. The Bertz CT molecular complexity index is 513. The third-order valence-electron chi connectivity index (χ3n) is 4.20. The van der Waals surface area contributed by atoms with Crippen LogP contribution in [0.4, 0.5) is 10.2 Å². The Morgan fingerprint density at radius 3 is 2.59 bits per heavy atom. The molecule has 0 bridgehead atoms. The number of nitrogens with zero attached hydrogens (tertiary/aromatic N) is 1. The van der Waals surface area contributed by atoms with Crippen molar-refractivity contribution in [1.29, 1.82) is 0 Å². The quantitative estimate of drug-likeness (QED) is 0.871. The maximum atomic E-state index is 12.8. The molecule has 0 aromatic carbocycles. The zero-order valence-corrected chi connectivity index (χ0v) is 14.4. The molecule has 5 nitrogen and oxygen atoms in total. The van der Waals surface area contributed by atoms with E-state index in [9.17, 15) is 9.18 Å². The molecule has 126 valence electrons. The summed E-state index contributed by atoms with van der Waals surface area (Å²) in [5, 5.41) is 2.63. The molecule has 1 aromatic rings. The number of anilines is 1. The lowest BCUT2D eigenvalue weighted by molar-refractivity contribution is -0.166. The van der Waals surface area contributed by atoms with Crippen LogP contribution in [0.3, 0.4) is 0 Å². The molecule has 0 spiro atoms. The van der Waals surface area contributed by atoms with Gasteiger partial charge in [0.2, 0.25) is 5.91 Å². The van der Waals surface area contributed by atoms with Crippen LogP contribution in [0.5, 0.6) is 0 Å². The largest absolute Gasteiger partial charge is 0.378 e. The molecule has 8 heteroatoms. The summed E-state index contributed by atoms with van der Waals surface area (Å²) in [5.41, 5.74) is 4.75. The molecule has 1 aliphatic rings. The smallest absolute Gasteiger partial charge is 0.246 e. The fraction of sp³-hybridized carbons (Fsp3) is 0.571. The van der Waals surface area contributed by atoms with Gasteiger partial charge in [-0.1, -0.05) is 13.8 Å². The van der Waals surface area contributed by atoms with Gasteiger partial charge in [0.15, 0.2) is 0 Å². The zero-order valence-electron chi connectivity index (χ0n) is 12.8. The van der Waals surface area contributed by atoms with E-state index in [0.717, 1.165) is 6.20 Å². The van der Waals surface area contributed by atoms with Crippen LogP contribution in [-0.2, 0) is 9.53 Å². The van der Waals surface area contributed by atoms with Crippen LogP contribution in [0.2, 0.25) is 0 Å². The number of carbonyl (C=O) groups is 1. The van der Waals surface area contributed by atoms with Gasteiger partial charge in [-0.2, -0.15) is 0 Å². The highest BCUT2D eigenvalue weighted by molar-refractivity contribution is 5.99. The number of rotatable bonds is 4. The molecule has 1 aromatic heterocycles. The first kappa shape index (κ1) is 21.0. The summed E-state index contributed by atoms with van der Waals surface area (Å²) in [6.07, 6.45) is 1.47. The first-order valence-corrected chi connectivity index (χ1v) is 6.64. The number of hydrogen-bond donors (Lipinski definition) is 2. The third-order valence-corrected chi connectivity index (χ3v) is 4.20. The van der Waals surface area contributed by atoms with Crippen molar-refractivity contribution in [3.05, 3.63) is 24.1 Å². The highest BCUT2D eigenvalue weighted by Gasteiger charge is 2.62. The van der Waals surface area contributed by atoms with E-state index in [1.807, 2.05) is 20.8 Å². The van der Waals surface area contributed by atoms with E-state index in [1.54, 1.807) is 0 Å². The first-order chi connectivity index (χ1) is 9.31. The molecule has 2 rings (SSSR count). The SMILES string of the molecule is CCOC1CC(N)(C(=O)Nc2ccc(F)cn2)C1(C)C.Cl.Cl. The summed E-state index contributed by atoms with van der Waals surface area (Å²) in [5.74, 6) is -0.486. The summed E-state index contributed by atoms with van der Waals surface area (Å²) in [6.45, 7) is 6.32. The lowest BCUT2D eigenvalue weighted by Gasteiger charge is -2.57. The highest BCUT2D eigenvalue weighted by atomic mass is 35.5. The van der Waals surface area contributed by atoms with E-state index in [4.69, 9.17) is 10.5 Å². The average molecular weight is 354 g/mol. The van der Waals surface area contributed by atoms with Gasteiger partial charge >= 0.3 is 0 Å². The average Bonchev–Trinajstić information content (AvgIpc) is 2.40. The van der Waals surface area contributed by atoms with Crippen molar-refractivity contribution in [2.45, 2.75) is 38.8 Å². The second-order valence-electron chi connectivity index (χ2n) is 5.66. The Morgan fingerprint density at radius 2 is 2.14 bits per heavy atom. The number of nitrogens with two attached hydrogens (primary N) is 1. The van der Waals surface area contributed by atoms with Crippen molar-refractivity contribution in [3.63, 3.8) is 0 Å². The molecule has 0 radical (unpaired) electrons. The van der Waals surface area contributed by atoms with Gasteiger partial charge in [0.1, 0.15) is 17.2 Å². The second-order valence-corrected chi connectivity index (χ2v) is 5.66. The minimum Gasteiger partial charge on any atom is -0.378 e. The van der Waals surface area contributed by atoms with Crippen LogP contribution < -0.4 is 11.1 Å². The van der Waals surface area contributed by atoms with E-state index in [1.165, 1.54) is 12.1 Å². The number of pyridine rings is 1. The number of nitrogens with one attached hydrogen (secondary N) is 1. The predicted octanol–water partition coefficient (Wildman–Crippen LogP) is 2.54. The van der Waals surface area contributed by atoms with Crippen LogP contribution >= 0.6 is 24.8 Å². The van der Waals surface area contributed by atoms with Gasteiger partial charge in [-0.05, 0) is 19.1 Å². The minimum absolute atomic E-state index is 0. The van der Waals surface area contributed by atoms with Crippen molar-refractivity contribution in [2.24, 2.45) is 11.1 Å². The topological polar surface area (TPSA) is 77.2 Å². The van der Waals surface area contributed by atoms with E-state index < -0.39 is 16.8 Å². The molecule has 22 heavy (non-hydrogen) atoms.